The predicted octanol–water partition coefficient (Wildman–Crippen LogP) is 4.96. The Labute approximate surface area is 165 Å². The number of rotatable bonds is 4. The van der Waals surface area contributed by atoms with Crippen LogP contribution in [0.15, 0.2) is 48.5 Å². The van der Waals surface area contributed by atoms with Crippen molar-refractivity contribution in [3.8, 4) is 6.07 Å². The van der Waals surface area contributed by atoms with E-state index >= 15 is 0 Å². The Hall–Kier alpha value is -3.14. The van der Waals surface area contributed by atoms with E-state index in [0.29, 0.717) is 38.6 Å². The maximum Gasteiger partial charge on any atom is 0.274 e. The number of aryl methyl sites for hydroxylation is 1. The minimum Gasteiger partial charge on any atom is -0.339 e. The van der Waals surface area contributed by atoms with Crippen LogP contribution in [0.1, 0.15) is 21.9 Å². The highest BCUT2D eigenvalue weighted by molar-refractivity contribution is 6.35. The van der Waals surface area contributed by atoms with E-state index in [9.17, 15) is 4.79 Å². The van der Waals surface area contributed by atoms with Gasteiger partial charge in [0, 0.05) is 16.8 Å². The number of benzene rings is 2. The maximum atomic E-state index is 12.5. The Bertz CT molecular complexity index is 1060. The SMILES string of the molecule is Cc1nc(Nc2cc(Cl)ccc2Cl)cc(C(=O)Nc2cccc(C#N)c2)n1. The number of carbonyl (C=O) groups excluding carboxylic acids is 1. The summed E-state index contributed by atoms with van der Waals surface area (Å²) in [5.41, 5.74) is 1.69. The van der Waals surface area contributed by atoms with Gasteiger partial charge in [0.25, 0.3) is 5.91 Å². The molecule has 0 unspecified atom stereocenters. The zero-order chi connectivity index (χ0) is 19.4. The van der Waals surface area contributed by atoms with E-state index in [1.54, 1.807) is 49.4 Å². The summed E-state index contributed by atoms with van der Waals surface area (Å²) >= 11 is 12.1. The van der Waals surface area contributed by atoms with Gasteiger partial charge in [-0.15, -0.1) is 0 Å². The molecular weight excluding hydrogens is 385 g/mol. The van der Waals surface area contributed by atoms with E-state index in [1.165, 1.54) is 6.07 Å². The molecule has 0 aliphatic carbocycles. The van der Waals surface area contributed by atoms with Crippen LogP contribution < -0.4 is 10.6 Å². The lowest BCUT2D eigenvalue weighted by atomic mass is 10.2. The van der Waals surface area contributed by atoms with Crippen LogP contribution in [-0.2, 0) is 0 Å². The Morgan fingerprint density at radius 1 is 1.11 bits per heavy atom. The van der Waals surface area contributed by atoms with E-state index in [0.717, 1.165) is 0 Å². The highest BCUT2D eigenvalue weighted by Gasteiger charge is 2.12. The first kappa shape index (κ1) is 18.6. The maximum absolute atomic E-state index is 12.5. The van der Waals surface area contributed by atoms with Crippen LogP contribution in [0.5, 0.6) is 0 Å². The van der Waals surface area contributed by atoms with Gasteiger partial charge in [-0.05, 0) is 43.3 Å². The number of nitriles is 1. The molecule has 0 aliphatic heterocycles. The molecule has 1 aromatic heterocycles. The quantitative estimate of drug-likeness (QED) is 0.648. The van der Waals surface area contributed by atoms with Gasteiger partial charge >= 0.3 is 0 Å². The van der Waals surface area contributed by atoms with E-state index < -0.39 is 5.91 Å². The number of hydrogen-bond donors (Lipinski definition) is 2. The second-order valence-corrected chi connectivity index (χ2v) is 6.43. The van der Waals surface area contributed by atoms with Crippen LogP contribution in [0, 0.1) is 18.3 Å². The van der Waals surface area contributed by atoms with E-state index in [-0.39, 0.29) is 5.69 Å². The molecule has 0 saturated heterocycles. The Morgan fingerprint density at radius 3 is 2.70 bits per heavy atom. The van der Waals surface area contributed by atoms with Gasteiger partial charge in [-0.2, -0.15) is 5.26 Å². The molecule has 1 amide bonds. The number of halogens is 2. The van der Waals surface area contributed by atoms with Crippen molar-refractivity contribution < 1.29 is 4.79 Å². The summed E-state index contributed by atoms with van der Waals surface area (Å²) in [6.07, 6.45) is 0. The molecular formula is C19H13Cl2N5O. The van der Waals surface area contributed by atoms with Crippen molar-refractivity contribution >= 4 is 46.3 Å². The van der Waals surface area contributed by atoms with Gasteiger partial charge in [-0.1, -0.05) is 29.3 Å². The summed E-state index contributed by atoms with van der Waals surface area (Å²) in [6, 6.07) is 15.1. The molecule has 8 heteroatoms. The van der Waals surface area contributed by atoms with E-state index in [2.05, 4.69) is 20.6 Å². The van der Waals surface area contributed by atoms with Gasteiger partial charge in [-0.3, -0.25) is 4.79 Å². The minimum atomic E-state index is -0.421. The zero-order valence-corrected chi connectivity index (χ0v) is 15.6. The molecule has 134 valence electrons. The lowest BCUT2D eigenvalue weighted by molar-refractivity contribution is 0.102. The number of amides is 1. The van der Waals surface area contributed by atoms with Crippen molar-refractivity contribution in [2.45, 2.75) is 6.92 Å². The average Bonchev–Trinajstić information content (AvgIpc) is 2.64. The fourth-order valence-corrected chi connectivity index (χ4v) is 2.68. The molecule has 3 aromatic rings. The second-order valence-electron chi connectivity index (χ2n) is 5.58. The van der Waals surface area contributed by atoms with Gasteiger partial charge in [-0.25, -0.2) is 9.97 Å². The molecule has 0 saturated carbocycles. The molecule has 0 atom stereocenters. The highest BCUT2D eigenvalue weighted by atomic mass is 35.5. The standard InChI is InChI=1S/C19H13Cl2N5O/c1-11-23-17(19(27)25-14-4-2-3-12(7-14)10-22)9-18(24-11)26-16-8-13(20)5-6-15(16)21/h2-9H,1H3,(H,25,27)(H,23,24,26). The zero-order valence-electron chi connectivity index (χ0n) is 14.1. The summed E-state index contributed by atoms with van der Waals surface area (Å²) in [6.45, 7) is 1.68. The van der Waals surface area contributed by atoms with E-state index in [4.69, 9.17) is 28.5 Å². The number of anilines is 3. The molecule has 1 heterocycles. The van der Waals surface area contributed by atoms with Gasteiger partial charge < -0.3 is 10.6 Å². The Morgan fingerprint density at radius 2 is 1.93 bits per heavy atom. The van der Waals surface area contributed by atoms with Crippen LogP contribution in [0.25, 0.3) is 0 Å². The van der Waals surface area contributed by atoms with Gasteiger partial charge in [0.15, 0.2) is 0 Å². The molecule has 27 heavy (non-hydrogen) atoms. The molecule has 0 radical (unpaired) electrons. The molecule has 0 aliphatic rings. The number of nitrogens with zero attached hydrogens (tertiary/aromatic N) is 3. The number of carbonyl (C=O) groups is 1. The van der Waals surface area contributed by atoms with Crippen LogP contribution in [-0.4, -0.2) is 15.9 Å². The largest absolute Gasteiger partial charge is 0.339 e. The summed E-state index contributed by atoms with van der Waals surface area (Å²) < 4.78 is 0. The molecule has 2 N–H and O–H groups in total. The molecule has 2 aromatic carbocycles. The summed E-state index contributed by atoms with van der Waals surface area (Å²) in [5, 5.41) is 15.7. The smallest absolute Gasteiger partial charge is 0.274 e. The number of hydrogen-bond acceptors (Lipinski definition) is 5. The van der Waals surface area contributed by atoms with Crippen molar-refractivity contribution in [1.29, 1.82) is 5.26 Å². The van der Waals surface area contributed by atoms with Crippen molar-refractivity contribution in [3.05, 3.63) is 75.7 Å². The van der Waals surface area contributed by atoms with Crippen LogP contribution >= 0.6 is 23.2 Å². The molecule has 0 bridgehead atoms. The van der Waals surface area contributed by atoms with E-state index in [1.807, 2.05) is 6.07 Å². The lowest BCUT2D eigenvalue weighted by Gasteiger charge is -2.11. The fourth-order valence-electron chi connectivity index (χ4n) is 2.34. The first-order valence-corrected chi connectivity index (χ1v) is 8.59. The summed E-state index contributed by atoms with van der Waals surface area (Å²) in [7, 11) is 0. The van der Waals surface area contributed by atoms with Gasteiger partial charge in [0.2, 0.25) is 0 Å². The Kier molecular flexibility index (Phi) is 5.55. The van der Waals surface area contributed by atoms with Crippen molar-refractivity contribution in [2.75, 3.05) is 10.6 Å². The third-order valence-electron chi connectivity index (χ3n) is 3.51. The number of nitrogens with one attached hydrogen (secondary N) is 2. The summed E-state index contributed by atoms with van der Waals surface area (Å²) in [4.78, 5) is 21.0. The molecule has 6 nitrogen and oxygen atoms in total. The predicted molar refractivity (Wildman–Crippen MR) is 106 cm³/mol. The molecule has 0 fully saturated rings. The van der Waals surface area contributed by atoms with Crippen LogP contribution in [0.3, 0.4) is 0 Å². The molecule has 3 rings (SSSR count). The second kappa shape index (κ2) is 8.04. The fraction of sp³-hybridized carbons (Fsp3) is 0.0526. The average molecular weight is 398 g/mol. The van der Waals surface area contributed by atoms with Crippen molar-refractivity contribution in [1.82, 2.24) is 9.97 Å². The lowest BCUT2D eigenvalue weighted by Crippen LogP contribution is -2.15. The number of aromatic nitrogens is 2. The van der Waals surface area contributed by atoms with Crippen molar-refractivity contribution in [2.24, 2.45) is 0 Å². The van der Waals surface area contributed by atoms with Gasteiger partial charge in [0.05, 0.1) is 22.3 Å². The Balaban J connectivity index is 1.85. The first-order chi connectivity index (χ1) is 12.9. The first-order valence-electron chi connectivity index (χ1n) is 7.84. The van der Waals surface area contributed by atoms with Gasteiger partial charge in [0.1, 0.15) is 17.3 Å². The minimum absolute atomic E-state index is 0.172. The third-order valence-corrected chi connectivity index (χ3v) is 4.08. The van der Waals surface area contributed by atoms with Crippen molar-refractivity contribution in [3.63, 3.8) is 0 Å². The van der Waals surface area contributed by atoms with Crippen LogP contribution in [0.4, 0.5) is 17.2 Å². The monoisotopic (exact) mass is 397 g/mol. The molecule has 0 spiro atoms. The highest BCUT2D eigenvalue weighted by Crippen LogP contribution is 2.28. The summed E-state index contributed by atoms with van der Waals surface area (Å²) in [5.74, 6) is 0.396. The topological polar surface area (TPSA) is 90.7 Å². The normalized spacial score (nSPS) is 10.1. The van der Waals surface area contributed by atoms with Crippen LogP contribution in [0.2, 0.25) is 10.0 Å². The third kappa shape index (κ3) is 4.73.